The Labute approximate surface area is 162 Å². The number of Topliss-reactive ketones (excluding diaryl/α,β-unsaturated/α-hetero) is 1. The molecule has 1 atom stereocenters. The number of benzene rings is 2. The van der Waals surface area contributed by atoms with E-state index < -0.39 is 29.9 Å². The normalized spacial score (nSPS) is 18.8. The van der Waals surface area contributed by atoms with Crippen molar-refractivity contribution in [2.24, 2.45) is 0 Å². The second-order valence-electron chi connectivity index (χ2n) is 6.96. The molecule has 1 fully saturated rings. The molecule has 3 rings (SSSR count). The Bertz CT molecular complexity index is 968. The predicted molar refractivity (Wildman–Crippen MR) is 104 cm³/mol. The van der Waals surface area contributed by atoms with Crippen molar-refractivity contribution in [2.75, 3.05) is 11.9 Å². The van der Waals surface area contributed by atoms with Crippen LogP contribution in [0.4, 0.5) is 10.5 Å². The number of amides is 4. The Balaban J connectivity index is 1.77. The van der Waals surface area contributed by atoms with Crippen molar-refractivity contribution < 1.29 is 19.2 Å². The molecule has 2 N–H and O–H groups in total. The maximum atomic E-state index is 12.9. The number of anilines is 1. The molecule has 0 unspecified atom stereocenters. The molecule has 1 heterocycles. The fourth-order valence-corrected chi connectivity index (χ4v) is 3.16. The number of hydrogen-bond donors (Lipinski definition) is 2. The van der Waals surface area contributed by atoms with Crippen LogP contribution in [0.15, 0.2) is 48.5 Å². The molecule has 7 heteroatoms. The zero-order valence-corrected chi connectivity index (χ0v) is 15.9. The first-order chi connectivity index (χ1) is 13.2. The molecule has 1 saturated heterocycles. The van der Waals surface area contributed by atoms with Gasteiger partial charge in [-0.05, 0) is 38.5 Å². The Kier molecular flexibility index (Phi) is 5.00. The maximum Gasteiger partial charge on any atom is 0.325 e. The lowest BCUT2D eigenvalue weighted by Gasteiger charge is -2.22. The molecule has 0 spiro atoms. The summed E-state index contributed by atoms with van der Waals surface area (Å²) in [5.74, 6) is -1.26. The van der Waals surface area contributed by atoms with Gasteiger partial charge in [0.05, 0.1) is 5.69 Å². The molecule has 0 saturated carbocycles. The standard InChI is InChI=1S/C21H21N3O4/c1-13-8-10-15(11-9-13)21(3)19(27)24(20(28)23-21)12-18(26)22-17-7-5-4-6-16(17)14(2)25/h4-11H,12H2,1-3H3,(H,22,26)(H,23,28)/t21-/m0/s1. The summed E-state index contributed by atoms with van der Waals surface area (Å²) in [6, 6.07) is 13.2. The van der Waals surface area contributed by atoms with Crippen molar-refractivity contribution in [2.45, 2.75) is 26.3 Å². The van der Waals surface area contributed by atoms with Crippen molar-refractivity contribution in [1.82, 2.24) is 10.2 Å². The summed E-state index contributed by atoms with van der Waals surface area (Å²) in [6.07, 6.45) is 0. The minimum Gasteiger partial charge on any atom is -0.324 e. The monoisotopic (exact) mass is 379 g/mol. The molecule has 0 aromatic heterocycles. The van der Waals surface area contributed by atoms with E-state index in [9.17, 15) is 19.2 Å². The van der Waals surface area contributed by atoms with Gasteiger partial charge in [0.1, 0.15) is 12.1 Å². The van der Waals surface area contributed by atoms with Gasteiger partial charge in [-0.3, -0.25) is 19.3 Å². The molecule has 2 aromatic rings. The first kappa shape index (κ1) is 19.3. The Hall–Kier alpha value is -3.48. The minimum atomic E-state index is -1.23. The molecule has 1 aliphatic rings. The SMILES string of the molecule is CC(=O)c1ccccc1NC(=O)CN1C(=O)N[C@@](C)(c2ccc(C)cc2)C1=O. The fourth-order valence-electron chi connectivity index (χ4n) is 3.16. The highest BCUT2D eigenvalue weighted by molar-refractivity contribution is 6.11. The predicted octanol–water partition coefficient (Wildman–Crippen LogP) is 2.60. The molecule has 4 amide bonds. The lowest BCUT2D eigenvalue weighted by molar-refractivity contribution is -0.133. The molecule has 1 aliphatic heterocycles. The molecule has 0 radical (unpaired) electrons. The van der Waals surface area contributed by atoms with Gasteiger partial charge in [-0.1, -0.05) is 42.0 Å². The summed E-state index contributed by atoms with van der Waals surface area (Å²) >= 11 is 0. The number of hydrogen-bond acceptors (Lipinski definition) is 4. The molecule has 2 aromatic carbocycles. The van der Waals surface area contributed by atoms with Gasteiger partial charge in [0.25, 0.3) is 5.91 Å². The Morgan fingerprint density at radius 3 is 2.36 bits per heavy atom. The number of urea groups is 1. The molecular weight excluding hydrogens is 358 g/mol. The number of carbonyl (C=O) groups excluding carboxylic acids is 4. The van der Waals surface area contributed by atoms with Gasteiger partial charge >= 0.3 is 6.03 Å². The Morgan fingerprint density at radius 2 is 1.71 bits per heavy atom. The van der Waals surface area contributed by atoms with E-state index in [4.69, 9.17) is 0 Å². The van der Waals surface area contributed by atoms with Gasteiger partial charge in [0.15, 0.2) is 5.78 Å². The fraction of sp³-hybridized carbons (Fsp3) is 0.238. The van der Waals surface area contributed by atoms with Gasteiger partial charge in [0.2, 0.25) is 5.91 Å². The Morgan fingerprint density at radius 1 is 1.07 bits per heavy atom. The number of aryl methyl sites for hydroxylation is 1. The van der Waals surface area contributed by atoms with Crippen LogP contribution in [0.25, 0.3) is 0 Å². The van der Waals surface area contributed by atoms with E-state index in [2.05, 4.69) is 10.6 Å². The average Bonchev–Trinajstić information content (AvgIpc) is 2.86. The zero-order valence-electron chi connectivity index (χ0n) is 15.9. The molecular formula is C21H21N3O4. The minimum absolute atomic E-state index is 0.196. The number of carbonyl (C=O) groups is 4. The molecule has 7 nitrogen and oxygen atoms in total. The van der Waals surface area contributed by atoms with Crippen LogP contribution < -0.4 is 10.6 Å². The van der Waals surface area contributed by atoms with Gasteiger partial charge in [0, 0.05) is 5.56 Å². The van der Waals surface area contributed by atoms with Crippen LogP contribution in [0.5, 0.6) is 0 Å². The maximum absolute atomic E-state index is 12.9. The van der Waals surface area contributed by atoms with Gasteiger partial charge in [-0.15, -0.1) is 0 Å². The zero-order chi connectivity index (χ0) is 20.5. The highest BCUT2D eigenvalue weighted by atomic mass is 16.2. The van der Waals surface area contributed by atoms with Crippen molar-refractivity contribution in [3.8, 4) is 0 Å². The second kappa shape index (κ2) is 7.26. The van der Waals surface area contributed by atoms with Crippen LogP contribution in [0.3, 0.4) is 0 Å². The van der Waals surface area contributed by atoms with Crippen LogP contribution >= 0.6 is 0 Å². The molecule has 28 heavy (non-hydrogen) atoms. The smallest absolute Gasteiger partial charge is 0.324 e. The summed E-state index contributed by atoms with van der Waals surface area (Å²) in [5, 5.41) is 5.27. The lowest BCUT2D eigenvalue weighted by Crippen LogP contribution is -2.42. The summed E-state index contributed by atoms with van der Waals surface area (Å²) in [6.45, 7) is 4.49. The number of nitrogens with one attached hydrogen (secondary N) is 2. The van der Waals surface area contributed by atoms with Crippen molar-refractivity contribution in [3.05, 3.63) is 65.2 Å². The number of nitrogens with zero attached hydrogens (tertiary/aromatic N) is 1. The summed E-state index contributed by atoms with van der Waals surface area (Å²) in [7, 11) is 0. The average molecular weight is 379 g/mol. The molecule has 144 valence electrons. The first-order valence-electron chi connectivity index (χ1n) is 8.83. The third-order valence-electron chi connectivity index (χ3n) is 4.79. The highest BCUT2D eigenvalue weighted by Gasteiger charge is 2.49. The van der Waals surface area contributed by atoms with E-state index in [0.717, 1.165) is 10.5 Å². The van der Waals surface area contributed by atoms with Crippen molar-refractivity contribution in [3.63, 3.8) is 0 Å². The van der Waals surface area contributed by atoms with Crippen LogP contribution in [-0.4, -0.2) is 35.1 Å². The van der Waals surface area contributed by atoms with E-state index >= 15 is 0 Å². The summed E-state index contributed by atoms with van der Waals surface area (Å²) in [5.41, 5.74) is 1.14. The second-order valence-corrected chi connectivity index (χ2v) is 6.96. The van der Waals surface area contributed by atoms with Crippen molar-refractivity contribution in [1.29, 1.82) is 0 Å². The molecule has 0 bridgehead atoms. The first-order valence-corrected chi connectivity index (χ1v) is 8.83. The van der Waals surface area contributed by atoms with E-state index in [1.807, 2.05) is 19.1 Å². The molecule has 0 aliphatic carbocycles. The summed E-state index contributed by atoms with van der Waals surface area (Å²) < 4.78 is 0. The number of rotatable bonds is 5. The lowest BCUT2D eigenvalue weighted by atomic mass is 9.91. The van der Waals surface area contributed by atoms with Crippen LogP contribution in [0.2, 0.25) is 0 Å². The van der Waals surface area contributed by atoms with Crippen LogP contribution in [0.1, 0.15) is 35.3 Å². The largest absolute Gasteiger partial charge is 0.325 e. The third kappa shape index (κ3) is 3.51. The van der Waals surface area contributed by atoms with Crippen LogP contribution in [-0.2, 0) is 15.1 Å². The van der Waals surface area contributed by atoms with Gasteiger partial charge < -0.3 is 10.6 Å². The topological polar surface area (TPSA) is 95.6 Å². The number of para-hydroxylation sites is 1. The number of ketones is 1. The van der Waals surface area contributed by atoms with E-state index in [-0.39, 0.29) is 5.78 Å². The van der Waals surface area contributed by atoms with Gasteiger partial charge in [-0.2, -0.15) is 0 Å². The quantitative estimate of drug-likeness (QED) is 0.617. The van der Waals surface area contributed by atoms with Gasteiger partial charge in [-0.25, -0.2) is 4.79 Å². The van der Waals surface area contributed by atoms with E-state index in [1.165, 1.54) is 6.92 Å². The van der Waals surface area contributed by atoms with Crippen LogP contribution in [0, 0.1) is 6.92 Å². The van der Waals surface area contributed by atoms with E-state index in [1.54, 1.807) is 43.3 Å². The highest BCUT2D eigenvalue weighted by Crippen LogP contribution is 2.29. The summed E-state index contributed by atoms with van der Waals surface area (Å²) in [4.78, 5) is 50.3. The van der Waals surface area contributed by atoms with E-state index in [0.29, 0.717) is 16.8 Å². The van der Waals surface area contributed by atoms with Crippen molar-refractivity contribution >= 4 is 29.3 Å². The number of imide groups is 1. The third-order valence-corrected chi connectivity index (χ3v) is 4.79.